The number of ether oxygens (including phenoxy) is 1. The molecule has 3 heteroatoms. The van der Waals surface area contributed by atoms with Crippen LogP contribution < -0.4 is 5.32 Å². The van der Waals surface area contributed by atoms with Gasteiger partial charge in [0.2, 0.25) is 0 Å². The number of rotatable bonds is 2. The molecule has 17 heavy (non-hydrogen) atoms. The van der Waals surface area contributed by atoms with E-state index in [9.17, 15) is 4.79 Å². The minimum absolute atomic E-state index is 0.443. The number of carbonyl (C=O) groups excluding carboxylic acids is 1. The van der Waals surface area contributed by atoms with Gasteiger partial charge in [-0.15, -0.1) is 0 Å². The van der Waals surface area contributed by atoms with Crippen LogP contribution >= 0.6 is 0 Å². The summed E-state index contributed by atoms with van der Waals surface area (Å²) < 4.78 is 5.19. The van der Waals surface area contributed by atoms with Crippen molar-refractivity contribution in [3.8, 4) is 0 Å². The van der Waals surface area contributed by atoms with Crippen molar-refractivity contribution in [2.75, 3.05) is 5.32 Å². The molecule has 0 atom stereocenters. The Labute approximate surface area is 102 Å². The van der Waals surface area contributed by atoms with Gasteiger partial charge in [0.1, 0.15) is 5.60 Å². The summed E-state index contributed by atoms with van der Waals surface area (Å²) in [7, 11) is 0. The number of amides is 1. The first kappa shape index (κ1) is 13.3. The molecule has 1 amide bonds. The third kappa shape index (κ3) is 4.31. The molecule has 1 aromatic rings. The number of hydrogen-bond acceptors (Lipinski definition) is 2. The van der Waals surface area contributed by atoms with E-state index in [2.05, 4.69) is 11.9 Å². The van der Waals surface area contributed by atoms with Crippen molar-refractivity contribution in [2.24, 2.45) is 0 Å². The zero-order valence-electron chi connectivity index (χ0n) is 10.8. The molecular formula is C14H19NO2. The van der Waals surface area contributed by atoms with Gasteiger partial charge in [0, 0.05) is 5.69 Å². The van der Waals surface area contributed by atoms with Crippen molar-refractivity contribution in [3.05, 3.63) is 35.9 Å². The molecule has 0 saturated heterocycles. The van der Waals surface area contributed by atoms with Crippen molar-refractivity contribution >= 4 is 17.9 Å². The number of aryl methyl sites for hydroxylation is 1. The summed E-state index contributed by atoms with van der Waals surface area (Å²) in [6.07, 6.45) is 1.29. The van der Waals surface area contributed by atoms with E-state index >= 15 is 0 Å². The maximum absolute atomic E-state index is 11.6. The van der Waals surface area contributed by atoms with Gasteiger partial charge in [-0.3, -0.25) is 5.32 Å². The SMILES string of the molecule is C=Cc1ccc(C)c(NC(=O)OC(C)(C)C)c1. The second kappa shape index (κ2) is 5.04. The molecule has 0 unspecified atom stereocenters. The minimum atomic E-state index is -0.492. The topological polar surface area (TPSA) is 38.3 Å². The second-order valence-electron chi connectivity index (χ2n) is 4.91. The van der Waals surface area contributed by atoms with E-state index < -0.39 is 11.7 Å². The van der Waals surface area contributed by atoms with Crippen molar-refractivity contribution in [1.82, 2.24) is 0 Å². The molecule has 0 aliphatic rings. The van der Waals surface area contributed by atoms with E-state index in [1.165, 1.54) is 0 Å². The number of nitrogens with one attached hydrogen (secondary N) is 1. The third-order valence-electron chi connectivity index (χ3n) is 2.13. The summed E-state index contributed by atoms with van der Waals surface area (Å²) in [5.41, 5.74) is 2.20. The van der Waals surface area contributed by atoms with Crippen LogP contribution in [0.4, 0.5) is 10.5 Å². The first-order valence-electron chi connectivity index (χ1n) is 5.55. The lowest BCUT2D eigenvalue weighted by Gasteiger charge is -2.20. The molecule has 0 fully saturated rings. The van der Waals surface area contributed by atoms with E-state index in [1.807, 2.05) is 45.9 Å². The van der Waals surface area contributed by atoms with Crippen molar-refractivity contribution < 1.29 is 9.53 Å². The highest BCUT2D eigenvalue weighted by molar-refractivity contribution is 5.86. The van der Waals surface area contributed by atoms with Gasteiger partial charge in [-0.1, -0.05) is 24.8 Å². The smallest absolute Gasteiger partial charge is 0.412 e. The molecule has 1 N–H and O–H groups in total. The van der Waals surface area contributed by atoms with Crippen molar-refractivity contribution in [2.45, 2.75) is 33.3 Å². The molecule has 0 aliphatic carbocycles. The van der Waals surface area contributed by atoms with Gasteiger partial charge in [0.05, 0.1) is 0 Å². The molecule has 1 rings (SSSR count). The lowest BCUT2D eigenvalue weighted by molar-refractivity contribution is 0.0636. The molecule has 0 aliphatic heterocycles. The Morgan fingerprint density at radius 2 is 2.06 bits per heavy atom. The number of carbonyl (C=O) groups is 1. The monoisotopic (exact) mass is 233 g/mol. The maximum atomic E-state index is 11.6. The van der Waals surface area contributed by atoms with Crippen LogP contribution in [0.5, 0.6) is 0 Å². The van der Waals surface area contributed by atoms with Crippen LogP contribution in [-0.4, -0.2) is 11.7 Å². The average molecular weight is 233 g/mol. The van der Waals surface area contributed by atoms with Gasteiger partial charge in [-0.2, -0.15) is 0 Å². The summed E-state index contributed by atoms with van der Waals surface area (Å²) in [4.78, 5) is 11.6. The highest BCUT2D eigenvalue weighted by atomic mass is 16.6. The number of hydrogen-bond donors (Lipinski definition) is 1. The Morgan fingerprint density at radius 3 is 2.59 bits per heavy atom. The molecule has 0 spiro atoms. The van der Waals surface area contributed by atoms with Gasteiger partial charge < -0.3 is 4.74 Å². The Hall–Kier alpha value is -1.77. The molecule has 0 heterocycles. The molecule has 1 aromatic carbocycles. The fourth-order valence-electron chi connectivity index (χ4n) is 1.31. The van der Waals surface area contributed by atoms with Crippen LogP contribution in [-0.2, 0) is 4.74 Å². The van der Waals surface area contributed by atoms with Crippen LogP contribution in [0.1, 0.15) is 31.9 Å². The first-order chi connectivity index (χ1) is 7.81. The molecular weight excluding hydrogens is 214 g/mol. The Morgan fingerprint density at radius 1 is 1.41 bits per heavy atom. The number of benzene rings is 1. The van der Waals surface area contributed by atoms with Gasteiger partial charge in [-0.05, 0) is 44.9 Å². The predicted octanol–water partition coefficient (Wildman–Crippen LogP) is 3.99. The summed E-state index contributed by atoms with van der Waals surface area (Å²) in [6.45, 7) is 11.1. The quantitative estimate of drug-likeness (QED) is 0.838. The van der Waals surface area contributed by atoms with Crippen LogP contribution in [0, 0.1) is 6.92 Å². The lowest BCUT2D eigenvalue weighted by atomic mass is 10.1. The fourth-order valence-corrected chi connectivity index (χ4v) is 1.31. The first-order valence-corrected chi connectivity index (χ1v) is 5.55. The Bertz CT molecular complexity index is 430. The highest BCUT2D eigenvalue weighted by Gasteiger charge is 2.16. The van der Waals surface area contributed by atoms with E-state index in [4.69, 9.17) is 4.74 Å². The normalized spacial score (nSPS) is 10.8. The van der Waals surface area contributed by atoms with Crippen LogP contribution in [0.15, 0.2) is 24.8 Å². The zero-order chi connectivity index (χ0) is 13.1. The van der Waals surface area contributed by atoms with E-state index in [1.54, 1.807) is 6.08 Å². The standard InChI is InChI=1S/C14H19NO2/c1-6-11-8-7-10(2)12(9-11)15-13(16)17-14(3,4)5/h6-9H,1H2,2-5H3,(H,15,16). The Kier molecular flexibility index (Phi) is 3.94. The van der Waals surface area contributed by atoms with E-state index in [0.717, 1.165) is 16.8 Å². The Balaban J connectivity index is 2.81. The maximum Gasteiger partial charge on any atom is 0.412 e. The average Bonchev–Trinajstić information content (AvgIpc) is 2.18. The van der Waals surface area contributed by atoms with Gasteiger partial charge in [-0.25, -0.2) is 4.79 Å². The van der Waals surface area contributed by atoms with Gasteiger partial charge in [0.25, 0.3) is 0 Å². The molecule has 0 bridgehead atoms. The molecule has 92 valence electrons. The van der Waals surface area contributed by atoms with Crippen molar-refractivity contribution in [3.63, 3.8) is 0 Å². The fraction of sp³-hybridized carbons (Fsp3) is 0.357. The van der Waals surface area contributed by atoms with Gasteiger partial charge in [0.15, 0.2) is 0 Å². The van der Waals surface area contributed by atoms with Crippen LogP contribution in [0.25, 0.3) is 6.08 Å². The van der Waals surface area contributed by atoms with Crippen molar-refractivity contribution in [1.29, 1.82) is 0 Å². The van der Waals surface area contributed by atoms with E-state index in [0.29, 0.717) is 0 Å². The second-order valence-corrected chi connectivity index (χ2v) is 4.91. The summed E-state index contributed by atoms with van der Waals surface area (Å²) in [5, 5.41) is 2.73. The molecule has 3 nitrogen and oxygen atoms in total. The number of anilines is 1. The predicted molar refractivity (Wildman–Crippen MR) is 71.1 cm³/mol. The van der Waals surface area contributed by atoms with Gasteiger partial charge >= 0.3 is 6.09 Å². The third-order valence-corrected chi connectivity index (χ3v) is 2.13. The molecule has 0 saturated carbocycles. The summed E-state index contributed by atoms with van der Waals surface area (Å²) in [6, 6.07) is 5.75. The molecule has 0 radical (unpaired) electrons. The zero-order valence-corrected chi connectivity index (χ0v) is 10.8. The highest BCUT2D eigenvalue weighted by Crippen LogP contribution is 2.18. The van der Waals surface area contributed by atoms with Crippen LogP contribution in [0.3, 0.4) is 0 Å². The minimum Gasteiger partial charge on any atom is -0.444 e. The largest absolute Gasteiger partial charge is 0.444 e. The summed E-state index contributed by atoms with van der Waals surface area (Å²) >= 11 is 0. The van der Waals surface area contributed by atoms with Crippen LogP contribution in [0.2, 0.25) is 0 Å². The lowest BCUT2D eigenvalue weighted by Crippen LogP contribution is -2.27. The summed E-state index contributed by atoms with van der Waals surface area (Å²) in [5.74, 6) is 0. The molecule has 0 aromatic heterocycles. The van der Waals surface area contributed by atoms with E-state index in [-0.39, 0.29) is 0 Å².